The lowest BCUT2D eigenvalue weighted by molar-refractivity contribution is 0.109. The minimum Gasteiger partial charge on any atom is -0.412 e. The second kappa shape index (κ2) is 10.2. The lowest BCUT2D eigenvalue weighted by atomic mass is 10.2. The Morgan fingerprint density at radius 2 is 1.86 bits per heavy atom. The van der Waals surface area contributed by atoms with Crippen molar-refractivity contribution in [1.82, 2.24) is 14.7 Å². The standard InChI is InChI=1S/C22H34N5OP/c1-4-7-10-19-26-20-21(27(19)28-14-9-8-13-23)17-12-11-16(29(5-2)6-3)15-18(17)25-22(20)24/h11-12,15H,4-10,13-14,23H2,1-3H3,(H2,24,25). The summed E-state index contributed by atoms with van der Waals surface area (Å²) in [5, 5.41) is 2.43. The van der Waals surface area contributed by atoms with Crippen LogP contribution in [0.5, 0.6) is 0 Å². The van der Waals surface area contributed by atoms with Crippen molar-refractivity contribution >= 4 is 41.0 Å². The molecule has 0 aliphatic carbocycles. The number of pyridine rings is 1. The van der Waals surface area contributed by atoms with Gasteiger partial charge in [0, 0.05) is 11.8 Å². The van der Waals surface area contributed by atoms with Crippen molar-refractivity contribution in [3.8, 4) is 0 Å². The van der Waals surface area contributed by atoms with Crippen LogP contribution < -0.4 is 21.6 Å². The Morgan fingerprint density at radius 1 is 1.07 bits per heavy atom. The zero-order valence-corrected chi connectivity index (χ0v) is 18.8. The minimum atomic E-state index is -0.148. The average Bonchev–Trinajstić information content (AvgIpc) is 3.10. The van der Waals surface area contributed by atoms with E-state index >= 15 is 0 Å². The molecule has 3 aromatic rings. The van der Waals surface area contributed by atoms with Crippen LogP contribution in [-0.4, -0.2) is 40.2 Å². The molecule has 1 aromatic carbocycles. The number of aryl methyl sites for hydroxylation is 1. The molecule has 158 valence electrons. The molecule has 0 saturated carbocycles. The van der Waals surface area contributed by atoms with Crippen LogP contribution in [0.3, 0.4) is 0 Å². The van der Waals surface area contributed by atoms with Crippen molar-refractivity contribution in [3.05, 3.63) is 24.0 Å². The number of anilines is 1. The molecular weight excluding hydrogens is 381 g/mol. The van der Waals surface area contributed by atoms with Gasteiger partial charge in [0.1, 0.15) is 23.5 Å². The Morgan fingerprint density at radius 3 is 2.55 bits per heavy atom. The van der Waals surface area contributed by atoms with Gasteiger partial charge in [-0.1, -0.05) is 41.2 Å². The highest BCUT2D eigenvalue weighted by atomic mass is 31.1. The molecule has 0 unspecified atom stereocenters. The lowest BCUT2D eigenvalue weighted by Crippen LogP contribution is -2.17. The fourth-order valence-corrected chi connectivity index (χ4v) is 5.45. The van der Waals surface area contributed by atoms with Crippen molar-refractivity contribution in [2.75, 3.05) is 31.2 Å². The first-order chi connectivity index (χ1) is 14.1. The maximum Gasteiger partial charge on any atom is 0.152 e. The summed E-state index contributed by atoms with van der Waals surface area (Å²) in [6.07, 6.45) is 7.24. The third-order valence-corrected chi connectivity index (χ3v) is 7.86. The third-order valence-electron chi connectivity index (χ3n) is 5.32. The van der Waals surface area contributed by atoms with E-state index in [2.05, 4.69) is 39.0 Å². The highest BCUT2D eigenvalue weighted by Gasteiger charge is 2.19. The predicted molar refractivity (Wildman–Crippen MR) is 125 cm³/mol. The van der Waals surface area contributed by atoms with Gasteiger partial charge in [-0.2, -0.15) is 4.73 Å². The van der Waals surface area contributed by atoms with Crippen LogP contribution in [0.4, 0.5) is 5.82 Å². The van der Waals surface area contributed by atoms with Gasteiger partial charge in [0.25, 0.3) is 0 Å². The molecule has 0 atom stereocenters. The van der Waals surface area contributed by atoms with Crippen LogP contribution in [-0.2, 0) is 6.42 Å². The fourth-order valence-electron chi connectivity index (χ4n) is 3.68. The van der Waals surface area contributed by atoms with Gasteiger partial charge in [0.05, 0.1) is 5.52 Å². The third kappa shape index (κ3) is 4.65. The minimum absolute atomic E-state index is 0.148. The molecule has 0 spiro atoms. The zero-order chi connectivity index (χ0) is 20.8. The number of hydrogen-bond donors (Lipinski definition) is 2. The summed E-state index contributed by atoms with van der Waals surface area (Å²) < 4.78 is 1.91. The number of hydrogen-bond acceptors (Lipinski definition) is 5. The maximum atomic E-state index is 6.35. The van der Waals surface area contributed by atoms with E-state index in [0.29, 0.717) is 19.0 Å². The molecule has 2 heterocycles. The number of rotatable bonds is 11. The largest absolute Gasteiger partial charge is 0.412 e. The molecule has 29 heavy (non-hydrogen) atoms. The smallest absolute Gasteiger partial charge is 0.152 e. The van der Waals surface area contributed by atoms with Crippen LogP contribution >= 0.6 is 7.92 Å². The summed E-state index contributed by atoms with van der Waals surface area (Å²) in [7, 11) is -0.148. The monoisotopic (exact) mass is 415 g/mol. The molecule has 0 radical (unpaired) electrons. The van der Waals surface area contributed by atoms with Crippen molar-refractivity contribution in [2.24, 2.45) is 5.73 Å². The normalized spacial score (nSPS) is 11.8. The van der Waals surface area contributed by atoms with Crippen molar-refractivity contribution in [1.29, 1.82) is 0 Å². The van der Waals surface area contributed by atoms with E-state index in [1.807, 2.05) is 4.73 Å². The molecular formula is C22H34N5OP. The zero-order valence-electron chi connectivity index (χ0n) is 17.9. The van der Waals surface area contributed by atoms with Gasteiger partial charge in [0.2, 0.25) is 0 Å². The maximum absolute atomic E-state index is 6.35. The summed E-state index contributed by atoms with van der Waals surface area (Å²) in [4.78, 5) is 15.7. The average molecular weight is 416 g/mol. The van der Waals surface area contributed by atoms with E-state index in [-0.39, 0.29) is 7.92 Å². The number of nitrogen functional groups attached to an aromatic ring is 1. The van der Waals surface area contributed by atoms with Gasteiger partial charge in [-0.15, -0.1) is 0 Å². The predicted octanol–water partition coefficient (Wildman–Crippen LogP) is 3.82. The van der Waals surface area contributed by atoms with Crippen LogP contribution in [0.2, 0.25) is 0 Å². The molecule has 0 amide bonds. The number of unbranched alkanes of at least 4 members (excludes halogenated alkanes) is 2. The Kier molecular flexibility index (Phi) is 7.68. The van der Waals surface area contributed by atoms with Crippen LogP contribution in [0, 0.1) is 0 Å². The molecule has 7 heteroatoms. The number of nitrogens with zero attached hydrogens (tertiary/aromatic N) is 3. The van der Waals surface area contributed by atoms with E-state index in [1.165, 1.54) is 17.6 Å². The number of fused-ring (bicyclic) bond motifs is 3. The second-order valence-electron chi connectivity index (χ2n) is 7.32. The Balaban J connectivity index is 2.13. The Labute approximate surface area is 174 Å². The van der Waals surface area contributed by atoms with Gasteiger partial charge in [0.15, 0.2) is 5.82 Å². The number of nitrogens with two attached hydrogens (primary N) is 2. The summed E-state index contributed by atoms with van der Waals surface area (Å²) in [6, 6.07) is 6.63. The second-order valence-corrected chi connectivity index (χ2v) is 10.2. The van der Waals surface area contributed by atoms with Gasteiger partial charge in [-0.05, 0) is 55.6 Å². The summed E-state index contributed by atoms with van der Waals surface area (Å²) in [5.41, 5.74) is 14.6. The van der Waals surface area contributed by atoms with Crippen molar-refractivity contribution < 1.29 is 4.84 Å². The molecule has 0 bridgehead atoms. The van der Waals surface area contributed by atoms with E-state index in [9.17, 15) is 0 Å². The van der Waals surface area contributed by atoms with Gasteiger partial charge < -0.3 is 16.3 Å². The van der Waals surface area contributed by atoms with Gasteiger partial charge >= 0.3 is 0 Å². The molecule has 0 aliphatic heterocycles. The first-order valence-corrected chi connectivity index (χ1v) is 12.5. The molecule has 6 nitrogen and oxygen atoms in total. The first-order valence-electron chi connectivity index (χ1n) is 10.8. The number of benzene rings is 1. The fraction of sp³-hybridized carbons (Fsp3) is 0.545. The van der Waals surface area contributed by atoms with E-state index < -0.39 is 0 Å². The Bertz CT molecular complexity index is 951. The van der Waals surface area contributed by atoms with Crippen LogP contribution in [0.25, 0.3) is 21.9 Å². The molecule has 3 rings (SSSR count). The first kappa shape index (κ1) is 21.8. The number of aromatic nitrogens is 3. The quantitative estimate of drug-likeness (QED) is 0.367. The summed E-state index contributed by atoms with van der Waals surface area (Å²) >= 11 is 0. The van der Waals surface area contributed by atoms with Gasteiger partial charge in [-0.3, -0.25) is 0 Å². The molecule has 0 aliphatic rings. The summed E-state index contributed by atoms with van der Waals surface area (Å²) in [6.45, 7) is 7.99. The SMILES string of the molecule is CCCCc1nc2c(N)nc3cc(P(CC)CC)ccc3c2n1OCCCCN. The van der Waals surface area contributed by atoms with Crippen molar-refractivity contribution in [3.63, 3.8) is 0 Å². The highest BCUT2D eigenvalue weighted by molar-refractivity contribution is 7.65. The van der Waals surface area contributed by atoms with Crippen LogP contribution in [0.15, 0.2) is 18.2 Å². The molecule has 0 saturated heterocycles. The van der Waals surface area contributed by atoms with Crippen molar-refractivity contribution in [2.45, 2.75) is 52.9 Å². The van der Waals surface area contributed by atoms with E-state index in [4.69, 9.17) is 26.3 Å². The van der Waals surface area contributed by atoms with Crippen LogP contribution in [0.1, 0.15) is 52.3 Å². The number of imidazole rings is 1. The van der Waals surface area contributed by atoms with E-state index in [1.54, 1.807) is 0 Å². The highest BCUT2D eigenvalue weighted by Crippen LogP contribution is 2.35. The van der Waals surface area contributed by atoms with E-state index in [0.717, 1.165) is 59.9 Å². The lowest BCUT2D eigenvalue weighted by Gasteiger charge is -2.15. The molecule has 2 aromatic heterocycles. The Hall–Kier alpha value is -1.91. The topological polar surface area (TPSA) is 92.0 Å². The molecule has 4 N–H and O–H groups in total. The summed E-state index contributed by atoms with van der Waals surface area (Å²) in [5.74, 6) is 1.40. The van der Waals surface area contributed by atoms with Gasteiger partial charge in [-0.25, -0.2) is 9.97 Å². The molecule has 0 fully saturated rings.